The van der Waals surface area contributed by atoms with Gasteiger partial charge in [0.2, 0.25) is 23.6 Å². The van der Waals surface area contributed by atoms with Crippen molar-refractivity contribution in [2.24, 2.45) is 17.4 Å². The van der Waals surface area contributed by atoms with Crippen molar-refractivity contribution in [1.29, 1.82) is 0 Å². The molecule has 0 saturated carbocycles. The Morgan fingerprint density at radius 3 is 2.11 bits per heavy atom. The van der Waals surface area contributed by atoms with Gasteiger partial charge in [0.1, 0.15) is 18.1 Å². The number of nitrogens with one attached hydrogen (secondary N) is 3. The zero-order valence-electron chi connectivity index (χ0n) is 20.9. The Balaban J connectivity index is 3.13. The van der Waals surface area contributed by atoms with Crippen LogP contribution in [0.3, 0.4) is 0 Å². The van der Waals surface area contributed by atoms with E-state index in [0.29, 0.717) is 24.2 Å². The van der Waals surface area contributed by atoms with Gasteiger partial charge in [-0.15, -0.1) is 0 Å². The summed E-state index contributed by atoms with van der Waals surface area (Å²) < 4.78 is 0. The average Bonchev–Trinajstić information content (AvgIpc) is 2.84. The van der Waals surface area contributed by atoms with E-state index in [4.69, 9.17) is 11.5 Å². The molecule has 36 heavy (non-hydrogen) atoms. The predicted octanol–water partition coefficient (Wildman–Crippen LogP) is -0.230. The number of hydrogen-bond donors (Lipinski definition) is 6. The molecule has 12 heteroatoms. The fraction of sp³-hybridized carbons (Fsp3) is 0.542. The van der Waals surface area contributed by atoms with Crippen LogP contribution in [0.15, 0.2) is 30.3 Å². The lowest BCUT2D eigenvalue weighted by Gasteiger charge is -2.28. The van der Waals surface area contributed by atoms with Crippen LogP contribution < -0.4 is 27.4 Å². The summed E-state index contributed by atoms with van der Waals surface area (Å²) in [7, 11) is 0. The summed E-state index contributed by atoms with van der Waals surface area (Å²) in [4.78, 5) is 61.7. The Kier molecular flexibility index (Phi) is 13.6. The zero-order valence-corrected chi connectivity index (χ0v) is 21.7. The summed E-state index contributed by atoms with van der Waals surface area (Å²) in [5, 5.41) is 17.0. The molecule has 0 aliphatic heterocycles. The zero-order chi connectivity index (χ0) is 27.3. The van der Waals surface area contributed by atoms with Crippen molar-refractivity contribution >= 4 is 41.4 Å². The second-order valence-electron chi connectivity index (χ2n) is 8.58. The molecule has 200 valence electrons. The first-order valence-electron chi connectivity index (χ1n) is 11.7. The lowest BCUT2D eigenvalue weighted by atomic mass is 9.96. The molecule has 0 heterocycles. The van der Waals surface area contributed by atoms with E-state index in [1.165, 1.54) is 0 Å². The molecule has 11 nitrogen and oxygen atoms in total. The summed E-state index contributed by atoms with van der Waals surface area (Å²) in [5.74, 6) is -3.80. The van der Waals surface area contributed by atoms with Crippen molar-refractivity contribution in [2.45, 2.75) is 63.7 Å². The highest BCUT2D eigenvalue weighted by Gasteiger charge is 2.32. The number of carboxylic acids is 1. The van der Waals surface area contributed by atoms with Gasteiger partial charge in [0.15, 0.2) is 0 Å². The highest BCUT2D eigenvalue weighted by molar-refractivity contribution is 7.98. The maximum absolute atomic E-state index is 13.3. The highest BCUT2D eigenvalue weighted by Crippen LogP contribution is 2.11. The van der Waals surface area contributed by atoms with E-state index in [1.54, 1.807) is 49.0 Å². The smallest absolute Gasteiger partial charge is 0.326 e. The minimum absolute atomic E-state index is 0.0513. The predicted molar refractivity (Wildman–Crippen MR) is 138 cm³/mol. The van der Waals surface area contributed by atoms with Crippen molar-refractivity contribution < 1.29 is 29.1 Å². The van der Waals surface area contributed by atoms with Crippen LogP contribution in [-0.4, -0.2) is 70.9 Å². The van der Waals surface area contributed by atoms with Crippen molar-refractivity contribution in [3.8, 4) is 0 Å². The Morgan fingerprint density at radius 1 is 0.972 bits per heavy atom. The standard InChI is InChI=1S/C24H37N5O6S/c1-4-14(2)20(29-21(31)16(25)10-11-36-3)23(33)27-17(12-15-8-6-5-7-9-15)22(32)28-18(24(34)35)13-19(26)30/h5-9,14,16-18,20H,4,10-13,25H2,1-3H3,(H2,26,30)(H,27,33)(H,28,32)(H,29,31)(H,34,35). The molecule has 5 unspecified atom stereocenters. The Labute approximate surface area is 215 Å². The van der Waals surface area contributed by atoms with E-state index in [-0.39, 0.29) is 12.3 Å². The van der Waals surface area contributed by atoms with Gasteiger partial charge in [-0.05, 0) is 29.9 Å². The molecule has 4 amide bonds. The summed E-state index contributed by atoms with van der Waals surface area (Å²) >= 11 is 1.55. The fourth-order valence-electron chi connectivity index (χ4n) is 3.33. The number of primary amides is 1. The van der Waals surface area contributed by atoms with Crippen molar-refractivity contribution in [1.82, 2.24) is 16.0 Å². The topological polar surface area (TPSA) is 194 Å². The number of carboxylic acid groups (broad SMARTS) is 1. The van der Waals surface area contributed by atoms with E-state index in [9.17, 15) is 29.1 Å². The molecule has 1 aromatic carbocycles. The van der Waals surface area contributed by atoms with Gasteiger partial charge in [0.25, 0.3) is 0 Å². The second-order valence-corrected chi connectivity index (χ2v) is 9.57. The van der Waals surface area contributed by atoms with Crippen molar-refractivity contribution in [3.05, 3.63) is 35.9 Å². The number of benzene rings is 1. The molecule has 0 radical (unpaired) electrons. The van der Waals surface area contributed by atoms with Crippen LogP contribution in [0.5, 0.6) is 0 Å². The summed E-state index contributed by atoms with van der Waals surface area (Å²) in [5.41, 5.74) is 11.8. The Hall–Kier alpha value is -3.12. The van der Waals surface area contributed by atoms with Gasteiger partial charge in [0, 0.05) is 6.42 Å². The van der Waals surface area contributed by atoms with E-state index in [0.717, 1.165) is 0 Å². The van der Waals surface area contributed by atoms with Gasteiger partial charge >= 0.3 is 5.97 Å². The monoisotopic (exact) mass is 523 g/mol. The lowest BCUT2D eigenvalue weighted by molar-refractivity contribution is -0.143. The number of nitrogens with two attached hydrogens (primary N) is 2. The van der Waals surface area contributed by atoms with Crippen LogP contribution in [0, 0.1) is 5.92 Å². The molecular formula is C24H37N5O6S. The van der Waals surface area contributed by atoms with E-state index < -0.39 is 60.2 Å². The van der Waals surface area contributed by atoms with Gasteiger partial charge < -0.3 is 32.5 Å². The number of rotatable bonds is 16. The fourth-order valence-corrected chi connectivity index (χ4v) is 3.82. The van der Waals surface area contributed by atoms with Gasteiger partial charge in [-0.3, -0.25) is 19.2 Å². The molecule has 8 N–H and O–H groups in total. The minimum atomic E-state index is -1.55. The molecule has 0 bridgehead atoms. The SMILES string of the molecule is CCC(C)C(NC(=O)C(N)CCSC)C(=O)NC(Cc1ccccc1)C(=O)NC(CC(N)=O)C(=O)O. The third-order valence-corrected chi connectivity index (χ3v) is 6.34. The Morgan fingerprint density at radius 2 is 1.58 bits per heavy atom. The number of aliphatic carboxylic acids is 1. The van der Waals surface area contributed by atoms with E-state index >= 15 is 0 Å². The van der Waals surface area contributed by atoms with Gasteiger partial charge in [0.05, 0.1) is 12.5 Å². The van der Waals surface area contributed by atoms with Crippen LogP contribution in [0.25, 0.3) is 0 Å². The first kappa shape index (κ1) is 30.9. The maximum Gasteiger partial charge on any atom is 0.326 e. The number of hydrogen-bond acceptors (Lipinski definition) is 7. The number of carbonyl (C=O) groups is 5. The Bertz CT molecular complexity index is 900. The summed E-state index contributed by atoms with van der Waals surface area (Å²) in [6, 6.07) is 4.34. The third kappa shape index (κ3) is 10.6. The average molecular weight is 524 g/mol. The molecule has 0 spiro atoms. The van der Waals surface area contributed by atoms with Crippen LogP contribution in [-0.2, 0) is 30.4 Å². The first-order chi connectivity index (χ1) is 17.0. The number of carbonyl (C=O) groups excluding carboxylic acids is 4. The van der Waals surface area contributed by atoms with Crippen molar-refractivity contribution in [3.63, 3.8) is 0 Å². The maximum atomic E-state index is 13.3. The normalized spacial score (nSPS) is 15.0. The first-order valence-corrected chi connectivity index (χ1v) is 13.1. The summed E-state index contributed by atoms with van der Waals surface area (Å²) in [6.07, 6.45) is 2.35. The molecule has 0 aliphatic carbocycles. The van der Waals surface area contributed by atoms with Crippen LogP contribution in [0.1, 0.15) is 38.7 Å². The van der Waals surface area contributed by atoms with E-state index in [1.807, 2.05) is 13.2 Å². The highest BCUT2D eigenvalue weighted by atomic mass is 32.2. The van der Waals surface area contributed by atoms with Gasteiger partial charge in [-0.2, -0.15) is 11.8 Å². The van der Waals surface area contributed by atoms with E-state index in [2.05, 4.69) is 16.0 Å². The summed E-state index contributed by atoms with van der Waals surface area (Å²) in [6.45, 7) is 3.65. The molecule has 0 aromatic heterocycles. The van der Waals surface area contributed by atoms with Crippen molar-refractivity contribution in [2.75, 3.05) is 12.0 Å². The van der Waals surface area contributed by atoms with Crippen LogP contribution >= 0.6 is 11.8 Å². The minimum Gasteiger partial charge on any atom is -0.480 e. The number of amides is 4. The molecule has 1 rings (SSSR count). The quantitative estimate of drug-likeness (QED) is 0.171. The second kappa shape index (κ2) is 15.8. The third-order valence-electron chi connectivity index (χ3n) is 5.70. The molecule has 0 aliphatic rings. The molecule has 0 fully saturated rings. The van der Waals surface area contributed by atoms with Gasteiger partial charge in [-0.1, -0.05) is 50.6 Å². The lowest BCUT2D eigenvalue weighted by Crippen LogP contribution is -2.59. The molecule has 1 aromatic rings. The number of thioether (sulfide) groups is 1. The van der Waals surface area contributed by atoms with Gasteiger partial charge in [-0.25, -0.2) is 4.79 Å². The van der Waals surface area contributed by atoms with Crippen LogP contribution in [0.4, 0.5) is 0 Å². The molecular weight excluding hydrogens is 486 g/mol. The molecule has 0 saturated heterocycles. The largest absolute Gasteiger partial charge is 0.480 e. The van der Waals surface area contributed by atoms with Crippen LogP contribution in [0.2, 0.25) is 0 Å². The molecule has 5 atom stereocenters.